The lowest BCUT2D eigenvalue weighted by molar-refractivity contribution is 0.120. The molecule has 0 aromatic heterocycles. The molecule has 0 atom stereocenters. The summed E-state index contributed by atoms with van der Waals surface area (Å²) in [6, 6.07) is 0.402. The van der Waals surface area contributed by atoms with Crippen LogP contribution in [0.15, 0.2) is 4.99 Å². The highest BCUT2D eigenvalue weighted by Crippen LogP contribution is 2.17. The van der Waals surface area contributed by atoms with Crippen LogP contribution in [0, 0.1) is 0 Å². The van der Waals surface area contributed by atoms with Crippen LogP contribution in [-0.4, -0.2) is 29.8 Å². The first kappa shape index (κ1) is 10.3. The molecule has 1 rings (SSSR count). The van der Waals surface area contributed by atoms with Crippen molar-refractivity contribution in [2.75, 3.05) is 6.54 Å². The van der Waals surface area contributed by atoms with Crippen molar-refractivity contribution >= 4 is 5.96 Å². The smallest absolute Gasteiger partial charge is 0.188 e. The Morgan fingerprint density at radius 3 is 2.62 bits per heavy atom. The highest BCUT2D eigenvalue weighted by molar-refractivity contribution is 5.78. The Hall–Kier alpha value is -0.770. The summed E-state index contributed by atoms with van der Waals surface area (Å²) < 4.78 is 0. The Labute approximate surface area is 79.2 Å². The molecule has 0 aliphatic heterocycles. The van der Waals surface area contributed by atoms with E-state index in [0.717, 1.165) is 25.7 Å². The molecule has 0 radical (unpaired) electrons. The molecule has 0 heterocycles. The highest BCUT2D eigenvalue weighted by Gasteiger charge is 2.19. The predicted molar refractivity (Wildman–Crippen MR) is 53.6 cm³/mol. The normalized spacial score (nSPS) is 30.2. The molecule has 4 nitrogen and oxygen atoms in total. The molecule has 4 heteroatoms. The predicted octanol–water partition coefficient (Wildman–Crippen LogP) is 0.214. The van der Waals surface area contributed by atoms with Crippen molar-refractivity contribution in [3.05, 3.63) is 0 Å². The van der Waals surface area contributed by atoms with E-state index in [4.69, 9.17) is 5.73 Å². The van der Waals surface area contributed by atoms with Gasteiger partial charge in [-0.25, -0.2) is 0 Å². The van der Waals surface area contributed by atoms with Crippen LogP contribution in [0.3, 0.4) is 0 Å². The van der Waals surface area contributed by atoms with Gasteiger partial charge in [-0.05, 0) is 32.6 Å². The number of hydrogen-bond acceptors (Lipinski definition) is 2. The number of nitrogens with two attached hydrogens (primary N) is 1. The van der Waals surface area contributed by atoms with Crippen molar-refractivity contribution in [2.45, 2.75) is 44.8 Å². The van der Waals surface area contributed by atoms with Crippen molar-refractivity contribution < 1.29 is 5.11 Å². The number of aliphatic hydroxyl groups is 1. The minimum Gasteiger partial charge on any atom is -0.393 e. The molecule has 0 aromatic carbocycles. The zero-order valence-electron chi connectivity index (χ0n) is 8.16. The van der Waals surface area contributed by atoms with Crippen LogP contribution in [0.5, 0.6) is 0 Å². The zero-order chi connectivity index (χ0) is 9.68. The monoisotopic (exact) mass is 185 g/mol. The first-order chi connectivity index (χ1) is 6.22. The van der Waals surface area contributed by atoms with Crippen LogP contribution >= 0.6 is 0 Å². The highest BCUT2D eigenvalue weighted by atomic mass is 16.3. The molecule has 0 bridgehead atoms. The molecule has 1 fully saturated rings. The van der Waals surface area contributed by atoms with Crippen LogP contribution in [0.25, 0.3) is 0 Å². The molecule has 0 unspecified atom stereocenters. The van der Waals surface area contributed by atoms with Crippen LogP contribution in [0.4, 0.5) is 0 Å². The van der Waals surface area contributed by atoms with Gasteiger partial charge >= 0.3 is 0 Å². The molecule has 0 saturated heterocycles. The number of guanidine groups is 1. The van der Waals surface area contributed by atoms with Gasteiger partial charge in [0.2, 0.25) is 0 Å². The molecule has 0 amide bonds. The summed E-state index contributed by atoms with van der Waals surface area (Å²) in [5.41, 5.74) is 5.63. The van der Waals surface area contributed by atoms with E-state index in [9.17, 15) is 5.11 Å². The summed E-state index contributed by atoms with van der Waals surface area (Å²) in [6.07, 6.45) is 3.61. The van der Waals surface area contributed by atoms with E-state index in [2.05, 4.69) is 10.3 Å². The van der Waals surface area contributed by atoms with Crippen LogP contribution < -0.4 is 11.1 Å². The van der Waals surface area contributed by atoms with E-state index in [1.54, 1.807) is 0 Å². The molecular weight excluding hydrogens is 166 g/mol. The van der Waals surface area contributed by atoms with Crippen molar-refractivity contribution in [1.29, 1.82) is 0 Å². The van der Waals surface area contributed by atoms with Gasteiger partial charge in [-0.2, -0.15) is 0 Å². The van der Waals surface area contributed by atoms with Gasteiger partial charge in [0.05, 0.1) is 6.10 Å². The molecule has 13 heavy (non-hydrogen) atoms. The summed E-state index contributed by atoms with van der Waals surface area (Å²) in [7, 11) is 0. The van der Waals surface area contributed by atoms with Gasteiger partial charge in [0, 0.05) is 12.6 Å². The third-order valence-electron chi connectivity index (χ3n) is 2.38. The number of nitrogens with zero attached hydrogens (tertiary/aromatic N) is 1. The van der Waals surface area contributed by atoms with E-state index < -0.39 is 0 Å². The first-order valence-electron chi connectivity index (χ1n) is 4.97. The average Bonchev–Trinajstić information content (AvgIpc) is 2.09. The number of aliphatic hydroxyl groups excluding tert-OH is 1. The van der Waals surface area contributed by atoms with Crippen molar-refractivity contribution in [3.63, 3.8) is 0 Å². The fourth-order valence-corrected chi connectivity index (χ4v) is 1.65. The molecule has 1 aliphatic rings. The Morgan fingerprint density at radius 1 is 1.46 bits per heavy atom. The van der Waals surface area contributed by atoms with Crippen molar-refractivity contribution in [2.24, 2.45) is 10.7 Å². The summed E-state index contributed by atoms with van der Waals surface area (Å²) >= 11 is 0. The molecule has 0 spiro atoms. The lowest BCUT2D eigenvalue weighted by Gasteiger charge is -2.26. The average molecular weight is 185 g/mol. The second-order valence-corrected chi connectivity index (χ2v) is 3.51. The second kappa shape index (κ2) is 5.07. The maximum Gasteiger partial charge on any atom is 0.188 e. The number of rotatable bonds is 2. The van der Waals surface area contributed by atoms with Gasteiger partial charge in [0.25, 0.3) is 0 Å². The van der Waals surface area contributed by atoms with E-state index >= 15 is 0 Å². The molecule has 1 saturated carbocycles. The number of aliphatic imine (C=N–C) groups is 1. The maximum atomic E-state index is 9.28. The lowest BCUT2D eigenvalue weighted by atomic mass is 9.93. The van der Waals surface area contributed by atoms with E-state index in [1.165, 1.54) is 0 Å². The van der Waals surface area contributed by atoms with Gasteiger partial charge < -0.3 is 16.2 Å². The minimum absolute atomic E-state index is 0.109. The molecule has 1 aliphatic carbocycles. The fraction of sp³-hybridized carbons (Fsp3) is 0.889. The van der Waals surface area contributed by atoms with Gasteiger partial charge in [0.15, 0.2) is 5.96 Å². The molecular formula is C9H19N3O. The SMILES string of the molecule is CCN=C(N)NC1CCC(O)CC1. The Bertz CT molecular complexity index is 174. The van der Waals surface area contributed by atoms with Gasteiger partial charge in [-0.3, -0.25) is 4.99 Å². The Balaban J connectivity index is 2.26. The molecule has 0 aromatic rings. The zero-order valence-corrected chi connectivity index (χ0v) is 8.16. The summed E-state index contributed by atoms with van der Waals surface area (Å²) in [6.45, 7) is 2.67. The van der Waals surface area contributed by atoms with Gasteiger partial charge in [-0.15, -0.1) is 0 Å². The quantitative estimate of drug-likeness (QED) is 0.425. The third-order valence-corrected chi connectivity index (χ3v) is 2.38. The number of nitrogens with one attached hydrogen (secondary N) is 1. The van der Waals surface area contributed by atoms with Crippen molar-refractivity contribution in [3.8, 4) is 0 Å². The standard InChI is InChI=1S/C9H19N3O/c1-2-11-9(10)12-7-3-5-8(13)6-4-7/h7-8,13H,2-6H2,1H3,(H3,10,11,12). The maximum absolute atomic E-state index is 9.28. The Morgan fingerprint density at radius 2 is 2.08 bits per heavy atom. The van der Waals surface area contributed by atoms with Crippen LogP contribution in [0.1, 0.15) is 32.6 Å². The topological polar surface area (TPSA) is 70.6 Å². The van der Waals surface area contributed by atoms with Crippen molar-refractivity contribution in [1.82, 2.24) is 5.32 Å². The first-order valence-corrected chi connectivity index (χ1v) is 4.97. The number of hydrogen-bond donors (Lipinski definition) is 3. The largest absolute Gasteiger partial charge is 0.393 e. The third kappa shape index (κ3) is 3.63. The van der Waals surface area contributed by atoms with Crippen LogP contribution in [0.2, 0.25) is 0 Å². The Kier molecular flexibility index (Phi) is 4.02. The molecule has 4 N–H and O–H groups in total. The summed E-state index contributed by atoms with van der Waals surface area (Å²) in [5, 5.41) is 12.4. The fourth-order valence-electron chi connectivity index (χ4n) is 1.65. The van der Waals surface area contributed by atoms with Gasteiger partial charge in [-0.1, -0.05) is 0 Å². The minimum atomic E-state index is -0.109. The molecule has 76 valence electrons. The van der Waals surface area contributed by atoms with Gasteiger partial charge in [0.1, 0.15) is 0 Å². The van der Waals surface area contributed by atoms with E-state index in [1.807, 2.05) is 6.92 Å². The van der Waals surface area contributed by atoms with E-state index in [-0.39, 0.29) is 6.10 Å². The summed E-state index contributed by atoms with van der Waals surface area (Å²) in [4.78, 5) is 4.06. The lowest BCUT2D eigenvalue weighted by Crippen LogP contribution is -2.42. The second-order valence-electron chi connectivity index (χ2n) is 3.51. The van der Waals surface area contributed by atoms with E-state index in [0.29, 0.717) is 18.5 Å². The summed E-state index contributed by atoms with van der Waals surface area (Å²) in [5.74, 6) is 0.531. The van der Waals surface area contributed by atoms with Crippen LogP contribution in [-0.2, 0) is 0 Å².